The molecule has 2 unspecified atom stereocenters. The molecule has 1 heterocycles. The van der Waals surface area contributed by atoms with Crippen LogP contribution in [0.4, 0.5) is 0 Å². The molecule has 1 aromatic heterocycles. The maximum absolute atomic E-state index is 13.4. The number of nitrogens with zero attached hydrogens (tertiary/aromatic N) is 1. The van der Waals surface area contributed by atoms with Crippen LogP contribution >= 0.6 is 0 Å². The van der Waals surface area contributed by atoms with E-state index < -0.39 is 35.8 Å². The lowest BCUT2D eigenvalue weighted by atomic mass is 10.0. The summed E-state index contributed by atoms with van der Waals surface area (Å²) in [6, 6.07) is 25.6. The summed E-state index contributed by atoms with van der Waals surface area (Å²) in [6.45, 7) is 3.93. The molecule has 0 fully saturated rings. The first-order valence-corrected chi connectivity index (χ1v) is 14.4. The number of esters is 2. The van der Waals surface area contributed by atoms with Crippen molar-refractivity contribution in [1.29, 1.82) is 0 Å². The molecule has 0 spiro atoms. The highest BCUT2D eigenvalue weighted by molar-refractivity contribution is 6.06. The van der Waals surface area contributed by atoms with Crippen LogP contribution in [-0.2, 0) is 38.7 Å². The maximum atomic E-state index is 13.4. The standard InChI is InChI=1S/C34H36N4O6/c1-23(2)18-27(33(41)43-20-25-14-8-4-9-15-25)37-31(39)29-30(36-22-35-29)32(40)38-28(19-24-12-6-3-7-13-24)34(42)44-21-26-16-10-5-11-17-26/h3-17,22-23,27-28H,18-21H2,1-2H3,(H,35,36)(H,37,39)(H,38,40). The van der Waals surface area contributed by atoms with Gasteiger partial charge in [0.25, 0.3) is 11.8 Å². The third kappa shape index (κ3) is 9.38. The predicted molar refractivity (Wildman–Crippen MR) is 163 cm³/mol. The van der Waals surface area contributed by atoms with Crippen molar-refractivity contribution < 1.29 is 28.7 Å². The van der Waals surface area contributed by atoms with Gasteiger partial charge in [-0.1, -0.05) is 105 Å². The lowest BCUT2D eigenvalue weighted by Gasteiger charge is -2.20. The number of rotatable bonds is 14. The molecule has 0 saturated carbocycles. The van der Waals surface area contributed by atoms with Crippen molar-refractivity contribution in [2.24, 2.45) is 5.92 Å². The number of nitrogens with one attached hydrogen (secondary N) is 3. The van der Waals surface area contributed by atoms with Gasteiger partial charge in [0, 0.05) is 6.42 Å². The highest BCUT2D eigenvalue weighted by Gasteiger charge is 2.30. The van der Waals surface area contributed by atoms with Crippen LogP contribution in [0.2, 0.25) is 0 Å². The van der Waals surface area contributed by atoms with Gasteiger partial charge < -0.3 is 25.1 Å². The lowest BCUT2D eigenvalue weighted by Crippen LogP contribution is -2.45. The van der Waals surface area contributed by atoms with E-state index in [1.165, 1.54) is 6.33 Å². The molecule has 0 radical (unpaired) electrons. The number of imidazole rings is 1. The Morgan fingerprint density at radius 2 is 1.16 bits per heavy atom. The molecular formula is C34H36N4O6. The van der Waals surface area contributed by atoms with Crippen molar-refractivity contribution in [3.63, 3.8) is 0 Å². The third-order valence-electron chi connectivity index (χ3n) is 6.70. The van der Waals surface area contributed by atoms with Gasteiger partial charge in [-0.2, -0.15) is 0 Å². The van der Waals surface area contributed by atoms with E-state index >= 15 is 0 Å². The molecule has 0 bridgehead atoms. The summed E-state index contributed by atoms with van der Waals surface area (Å²) in [5.41, 5.74) is 2.05. The second-order valence-electron chi connectivity index (χ2n) is 10.7. The van der Waals surface area contributed by atoms with Crippen LogP contribution in [0.5, 0.6) is 0 Å². The molecule has 4 aromatic rings. The fraction of sp³-hybridized carbons (Fsp3) is 0.265. The minimum Gasteiger partial charge on any atom is -0.459 e. The summed E-state index contributed by atoms with van der Waals surface area (Å²) in [7, 11) is 0. The largest absolute Gasteiger partial charge is 0.459 e. The van der Waals surface area contributed by atoms with E-state index in [1.54, 1.807) is 0 Å². The van der Waals surface area contributed by atoms with E-state index in [1.807, 2.05) is 105 Å². The first-order chi connectivity index (χ1) is 21.3. The van der Waals surface area contributed by atoms with Gasteiger partial charge in [0.05, 0.1) is 6.33 Å². The fourth-order valence-electron chi connectivity index (χ4n) is 4.48. The number of hydrogen-bond acceptors (Lipinski definition) is 7. The van der Waals surface area contributed by atoms with Gasteiger partial charge in [0.2, 0.25) is 0 Å². The average Bonchev–Trinajstić information content (AvgIpc) is 3.54. The van der Waals surface area contributed by atoms with Gasteiger partial charge in [0.15, 0.2) is 5.69 Å². The number of hydrogen-bond donors (Lipinski definition) is 3. The summed E-state index contributed by atoms with van der Waals surface area (Å²) < 4.78 is 11.0. The van der Waals surface area contributed by atoms with Crippen molar-refractivity contribution in [1.82, 2.24) is 20.6 Å². The molecule has 0 saturated heterocycles. The van der Waals surface area contributed by atoms with E-state index in [9.17, 15) is 19.2 Å². The Bertz CT molecular complexity index is 1520. The number of aromatic amines is 1. The number of ether oxygens (including phenoxy) is 2. The van der Waals surface area contributed by atoms with Crippen LogP contribution in [0.25, 0.3) is 0 Å². The van der Waals surface area contributed by atoms with Crippen molar-refractivity contribution in [3.8, 4) is 0 Å². The quantitative estimate of drug-likeness (QED) is 0.184. The predicted octanol–water partition coefficient (Wildman–Crippen LogP) is 4.38. The van der Waals surface area contributed by atoms with E-state index in [0.717, 1.165) is 16.7 Å². The van der Waals surface area contributed by atoms with Crippen molar-refractivity contribution in [2.45, 2.75) is 52.0 Å². The summed E-state index contributed by atoms with van der Waals surface area (Å²) in [6.07, 6.45) is 1.69. The zero-order valence-corrected chi connectivity index (χ0v) is 24.7. The molecule has 0 aliphatic carbocycles. The Labute approximate surface area is 256 Å². The molecule has 2 atom stereocenters. The summed E-state index contributed by atoms with van der Waals surface area (Å²) >= 11 is 0. The Hall–Kier alpha value is -5.25. The summed E-state index contributed by atoms with van der Waals surface area (Å²) in [5.74, 6) is -2.62. The third-order valence-corrected chi connectivity index (χ3v) is 6.70. The molecule has 4 rings (SSSR count). The molecule has 44 heavy (non-hydrogen) atoms. The first kappa shape index (κ1) is 31.7. The fourth-order valence-corrected chi connectivity index (χ4v) is 4.48. The van der Waals surface area contributed by atoms with Gasteiger partial charge in [-0.3, -0.25) is 9.59 Å². The maximum Gasteiger partial charge on any atom is 0.329 e. The Morgan fingerprint density at radius 1 is 0.682 bits per heavy atom. The molecule has 3 aromatic carbocycles. The molecule has 3 N–H and O–H groups in total. The van der Waals surface area contributed by atoms with Crippen LogP contribution < -0.4 is 10.6 Å². The number of benzene rings is 3. The minimum atomic E-state index is -1.05. The molecule has 228 valence electrons. The van der Waals surface area contributed by atoms with Gasteiger partial charge in [0.1, 0.15) is 31.0 Å². The Kier molecular flexibility index (Phi) is 11.4. The first-order valence-electron chi connectivity index (χ1n) is 14.4. The van der Waals surface area contributed by atoms with Crippen molar-refractivity contribution >= 4 is 23.8 Å². The van der Waals surface area contributed by atoms with Crippen LogP contribution in [0.1, 0.15) is 57.9 Å². The van der Waals surface area contributed by atoms with Gasteiger partial charge >= 0.3 is 11.9 Å². The molecule has 10 nitrogen and oxygen atoms in total. The molecule has 10 heteroatoms. The smallest absolute Gasteiger partial charge is 0.329 e. The SMILES string of the molecule is CC(C)CC(NC(=O)c1[nH]cnc1C(=O)NC(Cc1ccccc1)C(=O)OCc1ccccc1)C(=O)OCc1ccccc1. The van der Waals surface area contributed by atoms with Gasteiger partial charge in [-0.05, 0) is 29.0 Å². The second-order valence-corrected chi connectivity index (χ2v) is 10.7. The number of amides is 2. The van der Waals surface area contributed by atoms with Gasteiger partial charge in [-0.15, -0.1) is 0 Å². The van der Waals surface area contributed by atoms with Crippen LogP contribution in [0.15, 0.2) is 97.3 Å². The number of H-pyrrole nitrogens is 1. The number of carbonyl (C=O) groups excluding carboxylic acids is 4. The lowest BCUT2D eigenvalue weighted by molar-refractivity contribution is -0.148. The van der Waals surface area contributed by atoms with E-state index in [2.05, 4.69) is 20.6 Å². The molecular weight excluding hydrogens is 560 g/mol. The molecule has 0 aliphatic rings. The number of carbonyl (C=O) groups is 4. The van der Waals surface area contributed by atoms with Crippen molar-refractivity contribution in [3.05, 3.63) is 125 Å². The highest BCUT2D eigenvalue weighted by atomic mass is 16.5. The summed E-state index contributed by atoms with van der Waals surface area (Å²) in [4.78, 5) is 59.5. The normalized spacial score (nSPS) is 12.2. The molecule has 2 amide bonds. The minimum absolute atomic E-state index is 0.0362. The number of aromatic nitrogens is 2. The topological polar surface area (TPSA) is 139 Å². The van der Waals surface area contributed by atoms with E-state index in [4.69, 9.17) is 9.47 Å². The zero-order valence-electron chi connectivity index (χ0n) is 24.7. The van der Waals surface area contributed by atoms with E-state index in [-0.39, 0.29) is 36.9 Å². The Balaban J connectivity index is 1.45. The van der Waals surface area contributed by atoms with Crippen LogP contribution in [0.3, 0.4) is 0 Å². The molecule has 0 aliphatic heterocycles. The zero-order chi connectivity index (χ0) is 31.3. The van der Waals surface area contributed by atoms with Crippen LogP contribution in [0, 0.1) is 5.92 Å². The van der Waals surface area contributed by atoms with Crippen molar-refractivity contribution in [2.75, 3.05) is 0 Å². The van der Waals surface area contributed by atoms with E-state index in [0.29, 0.717) is 6.42 Å². The monoisotopic (exact) mass is 596 g/mol. The van der Waals surface area contributed by atoms with Crippen LogP contribution in [-0.4, -0.2) is 45.8 Å². The highest BCUT2D eigenvalue weighted by Crippen LogP contribution is 2.13. The summed E-state index contributed by atoms with van der Waals surface area (Å²) in [5, 5.41) is 5.36. The van der Waals surface area contributed by atoms with Gasteiger partial charge in [-0.25, -0.2) is 14.6 Å². The average molecular weight is 597 g/mol. The Morgan fingerprint density at radius 3 is 1.68 bits per heavy atom. The second kappa shape index (κ2) is 15.8.